The van der Waals surface area contributed by atoms with Gasteiger partial charge in [-0.15, -0.1) is 11.3 Å². The number of ether oxygens (including phenoxy) is 3. The van der Waals surface area contributed by atoms with Gasteiger partial charge in [-0.05, 0) is 49.7 Å². The molecule has 8 heteroatoms. The highest BCUT2D eigenvalue weighted by molar-refractivity contribution is 7.09. The normalized spacial score (nSPS) is 13.1. The molecule has 1 unspecified atom stereocenters. The molecule has 1 aliphatic heterocycles. The predicted molar refractivity (Wildman–Crippen MR) is 120 cm³/mol. The Morgan fingerprint density at radius 1 is 1.26 bits per heavy atom. The molecule has 1 atom stereocenters. The molecule has 162 valence electrons. The van der Waals surface area contributed by atoms with Crippen LogP contribution in [-0.2, 0) is 13.2 Å². The summed E-state index contributed by atoms with van der Waals surface area (Å²) in [6.45, 7) is 5.07. The van der Waals surface area contributed by atoms with E-state index in [0.29, 0.717) is 41.0 Å². The number of halogens is 1. The number of aromatic nitrogens is 1. The number of benzene rings is 2. The first-order valence-electron chi connectivity index (χ1n) is 10.1. The topological polar surface area (TPSA) is 60.9 Å². The second-order valence-electron chi connectivity index (χ2n) is 7.24. The van der Waals surface area contributed by atoms with Crippen molar-refractivity contribution < 1.29 is 19.0 Å². The second-order valence-corrected chi connectivity index (χ2v) is 8.62. The average Bonchev–Trinajstić information content (AvgIpc) is 3.43. The molecule has 2 heterocycles. The van der Waals surface area contributed by atoms with Crippen molar-refractivity contribution in [3.8, 4) is 17.2 Å². The highest BCUT2D eigenvalue weighted by Crippen LogP contribution is 2.33. The Bertz CT molecular complexity index is 1070. The van der Waals surface area contributed by atoms with Crippen molar-refractivity contribution in [1.82, 2.24) is 9.88 Å². The van der Waals surface area contributed by atoms with Gasteiger partial charge >= 0.3 is 0 Å². The van der Waals surface area contributed by atoms with Crippen LogP contribution in [0.4, 0.5) is 0 Å². The first-order chi connectivity index (χ1) is 15.0. The standard InChI is InChI=1S/C23H23ClN2O4S/c1-3-15(2)26(23(27)16-7-8-20-21(9-16)30-14-29-20)11-18-13-31-22(25-18)12-28-19-6-4-5-17(24)10-19/h4-10,13,15H,3,11-12,14H2,1-2H3. The highest BCUT2D eigenvalue weighted by atomic mass is 35.5. The zero-order valence-corrected chi connectivity index (χ0v) is 18.9. The summed E-state index contributed by atoms with van der Waals surface area (Å²) < 4.78 is 16.5. The summed E-state index contributed by atoms with van der Waals surface area (Å²) in [6.07, 6.45) is 0.838. The molecule has 0 spiro atoms. The molecule has 0 bridgehead atoms. The molecule has 1 aromatic heterocycles. The van der Waals surface area contributed by atoms with Crippen molar-refractivity contribution in [2.75, 3.05) is 6.79 Å². The van der Waals surface area contributed by atoms with Crippen LogP contribution >= 0.6 is 22.9 Å². The van der Waals surface area contributed by atoms with E-state index in [1.807, 2.05) is 29.3 Å². The Hall–Kier alpha value is -2.77. The van der Waals surface area contributed by atoms with Crippen LogP contribution in [0, 0.1) is 0 Å². The van der Waals surface area contributed by atoms with Crippen molar-refractivity contribution in [3.05, 3.63) is 69.1 Å². The molecule has 1 amide bonds. The highest BCUT2D eigenvalue weighted by Gasteiger charge is 2.24. The van der Waals surface area contributed by atoms with E-state index in [1.54, 1.807) is 30.3 Å². The Labute approximate surface area is 190 Å². The number of fused-ring (bicyclic) bond motifs is 1. The summed E-state index contributed by atoms with van der Waals surface area (Å²) in [4.78, 5) is 19.8. The largest absolute Gasteiger partial charge is 0.486 e. The van der Waals surface area contributed by atoms with Crippen molar-refractivity contribution in [1.29, 1.82) is 0 Å². The van der Waals surface area contributed by atoms with Crippen LogP contribution in [0.5, 0.6) is 17.2 Å². The number of carbonyl (C=O) groups is 1. The van der Waals surface area contributed by atoms with Crippen molar-refractivity contribution >= 4 is 28.8 Å². The summed E-state index contributed by atoms with van der Waals surface area (Å²) in [6, 6.07) is 12.6. The minimum Gasteiger partial charge on any atom is -0.486 e. The zero-order chi connectivity index (χ0) is 21.8. The summed E-state index contributed by atoms with van der Waals surface area (Å²) in [5, 5.41) is 3.44. The number of hydrogen-bond donors (Lipinski definition) is 0. The number of hydrogen-bond acceptors (Lipinski definition) is 6. The van der Waals surface area contributed by atoms with Gasteiger partial charge in [-0.3, -0.25) is 4.79 Å². The van der Waals surface area contributed by atoms with E-state index < -0.39 is 0 Å². The van der Waals surface area contributed by atoms with Gasteiger partial charge in [-0.25, -0.2) is 4.98 Å². The zero-order valence-electron chi connectivity index (χ0n) is 17.3. The second kappa shape index (κ2) is 9.58. The summed E-state index contributed by atoms with van der Waals surface area (Å²) in [5.41, 5.74) is 1.41. The smallest absolute Gasteiger partial charge is 0.254 e. The SMILES string of the molecule is CCC(C)N(Cc1csc(COc2cccc(Cl)c2)n1)C(=O)c1ccc2c(c1)OCO2. The maximum Gasteiger partial charge on any atom is 0.254 e. The molecule has 0 aliphatic carbocycles. The van der Waals surface area contributed by atoms with Gasteiger partial charge in [-0.2, -0.15) is 0 Å². The first kappa shape index (κ1) is 21.5. The molecule has 0 radical (unpaired) electrons. The van der Waals surface area contributed by atoms with Gasteiger partial charge in [0.2, 0.25) is 6.79 Å². The quantitative estimate of drug-likeness (QED) is 0.443. The van der Waals surface area contributed by atoms with Crippen LogP contribution in [0.15, 0.2) is 47.8 Å². The molecule has 0 fully saturated rings. The fourth-order valence-corrected chi connectivity index (χ4v) is 4.08. The Morgan fingerprint density at radius 3 is 2.90 bits per heavy atom. The fourth-order valence-electron chi connectivity index (χ4n) is 3.21. The monoisotopic (exact) mass is 458 g/mol. The van der Waals surface area contributed by atoms with Gasteiger partial charge in [-0.1, -0.05) is 24.6 Å². The van der Waals surface area contributed by atoms with Gasteiger partial charge in [0.05, 0.1) is 12.2 Å². The molecule has 0 N–H and O–H groups in total. The number of amides is 1. The summed E-state index contributed by atoms with van der Waals surface area (Å²) in [7, 11) is 0. The molecular formula is C23H23ClN2O4S. The van der Waals surface area contributed by atoms with E-state index in [1.165, 1.54) is 11.3 Å². The lowest BCUT2D eigenvalue weighted by molar-refractivity contribution is 0.0668. The minimum atomic E-state index is -0.0580. The number of rotatable bonds is 8. The van der Waals surface area contributed by atoms with Gasteiger partial charge in [0, 0.05) is 22.0 Å². The van der Waals surface area contributed by atoms with Crippen LogP contribution in [0.2, 0.25) is 5.02 Å². The van der Waals surface area contributed by atoms with Crippen LogP contribution in [0.25, 0.3) is 0 Å². The fraction of sp³-hybridized carbons (Fsp3) is 0.304. The third-order valence-corrected chi connectivity index (χ3v) is 6.20. The number of carbonyl (C=O) groups excluding carboxylic acids is 1. The van der Waals surface area contributed by atoms with E-state index in [0.717, 1.165) is 17.1 Å². The molecule has 2 aromatic carbocycles. The van der Waals surface area contributed by atoms with Crippen molar-refractivity contribution in [2.45, 2.75) is 39.5 Å². The molecule has 3 aromatic rings. The summed E-state index contributed by atoms with van der Waals surface area (Å²) >= 11 is 7.51. The molecular weight excluding hydrogens is 436 g/mol. The molecule has 31 heavy (non-hydrogen) atoms. The summed E-state index contributed by atoms with van der Waals surface area (Å²) in [5.74, 6) is 1.90. The Kier molecular flexibility index (Phi) is 6.63. The predicted octanol–water partition coefficient (Wildman–Crippen LogP) is 5.55. The van der Waals surface area contributed by atoms with Gasteiger partial charge in [0.15, 0.2) is 11.5 Å². The van der Waals surface area contributed by atoms with Gasteiger partial charge in [0.25, 0.3) is 5.91 Å². The number of thiazole rings is 1. The third-order valence-electron chi connectivity index (χ3n) is 5.09. The van der Waals surface area contributed by atoms with Crippen LogP contribution in [0.1, 0.15) is 41.3 Å². The Balaban J connectivity index is 1.45. The van der Waals surface area contributed by atoms with E-state index in [4.69, 9.17) is 25.8 Å². The lowest BCUT2D eigenvalue weighted by Gasteiger charge is -2.28. The third kappa shape index (κ3) is 5.11. The van der Waals surface area contributed by atoms with Crippen LogP contribution < -0.4 is 14.2 Å². The van der Waals surface area contributed by atoms with Crippen molar-refractivity contribution in [2.24, 2.45) is 0 Å². The van der Waals surface area contributed by atoms with E-state index in [9.17, 15) is 4.79 Å². The van der Waals surface area contributed by atoms with Crippen LogP contribution in [0.3, 0.4) is 0 Å². The van der Waals surface area contributed by atoms with E-state index >= 15 is 0 Å². The molecule has 0 saturated heterocycles. The van der Waals surface area contributed by atoms with E-state index in [-0.39, 0.29) is 18.7 Å². The van der Waals surface area contributed by atoms with Gasteiger partial charge < -0.3 is 19.1 Å². The average molecular weight is 459 g/mol. The minimum absolute atomic E-state index is 0.0580. The lowest BCUT2D eigenvalue weighted by Crippen LogP contribution is -2.37. The lowest BCUT2D eigenvalue weighted by atomic mass is 10.1. The van der Waals surface area contributed by atoms with E-state index in [2.05, 4.69) is 11.9 Å². The molecule has 1 aliphatic rings. The van der Waals surface area contributed by atoms with Crippen molar-refractivity contribution in [3.63, 3.8) is 0 Å². The van der Waals surface area contributed by atoms with Gasteiger partial charge in [0.1, 0.15) is 17.4 Å². The number of nitrogens with zero attached hydrogens (tertiary/aromatic N) is 2. The maximum atomic E-state index is 13.3. The Morgan fingerprint density at radius 2 is 2.10 bits per heavy atom. The first-order valence-corrected chi connectivity index (χ1v) is 11.3. The van der Waals surface area contributed by atoms with Crippen LogP contribution in [-0.4, -0.2) is 28.6 Å². The molecule has 4 rings (SSSR count). The maximum absolute atomic E-state index is 13.3. The molecule has 6 nitrogen and oxygen atoms in total. The molecule has 0 saturated carbocycles.